The Labute approximate surface area is 105 Å². The molecular formula is C12H16N4S. The van der Waals surface area contributed by atoms with Crippen molar-refractivity contribution < 1.29 is 0 Å². The maximum absolute atomic E-state index is 5.58. The van der Waals surface area contributed by atoms with Gasteiger partial charge in [0.15, 0.2) is 5.82 Å². The van der Waals surface area contributed by atoms with Gasteiger partial charge in [-0.15, -0.1) is 11.8 Å². The lowest BCUT2D eigenvalue weighted by molar-refractivity contribution is 0.703. The predicted molar refractivity (Wildman–Crippen MR) is 70.7 cm³/mol. The van der Waals surface area contributed by atoms with Crippen LogP contribution in [0.15, 0.2) is 29.2 Å². The third-order valence-corrected chi connectivity index (χ3v) is 3.35. The normalized spacial score (nSPS) is 10.8. The summed E-state index contributed by atoms with van der Waals surface area (Å²) in [6.45, 7) is 2.56. The lowest BCUT2D eigenvalue weighted by atomic mass is 10.2. The molecule has 0 radical (unpaired) electrons. The molecule has 0 spiro atoms. The highest BCUT2D eigenvalue weighted by atomic mass is 32.2. The summed E-state index contributed by atoms with van der Waals surface area (Å²) < 4.78 is 1.73. The second kappa shape index (κ2) is 5.33. The van der Waals surface area contributed by atoms with Crippen molar-refractivity contribution in [2.75, 3.05) is 5.75 Å². The van der Waals surface area contributed by atoms with Crippen LogP contribution in [0.2, 0.25) is 0 Å². The molecule has 0 aliphatic heterocycles. The Morgan fingerprint density at radius 2 is 2.00 bits per heavy atom. The molecule has 2 N–H and O–H groups in total. The van der Waals surface area contributed by atoms with Gasteiger partial charge in [0, 0.05) is 17.5 Å². The molecule has 0 saturated heterocycles. The SMILES string of the molecule is CCSc1ccc(-c2nc(CN)n(C)n2)cc1. The van der Waals surface area contributed by atoms with E-state index in [9.17, 15) is 0 Å². The molecule has 4 nitrogen and oxygen atoms in total. The molecule has 0 amide bonds. The summed E-state index contributed by atoms with van der Waals surface area (Å²) in [5.74, 6) is 2.62. The smallest absolute Gasteiger partial charge is 0.181 e. The Bertz CT molecular complexity index is 490. The second-order valence-corrected chi connectivity index (χ2v) is 4.97. The summed E-state index contributed by atoms with van der Waals surface area (Å²) in [7, 11) is 1.86. The van der Waals surface area contributed by atoms with Gasteiger partial charge in [-0.3, -0.25) is 4.68 Å². The van der Waals surface area contributed by atoms with Crippen LogP contribution >= 0.6 is 11.8 Å². The average molecular weight is 248 g/mol. The van der Waals surface area contributed by atoms with Crippen molar-refractivity contribution in [2.24, 2.45) is 12.8 Å². The van der Waals surface area contributed by atoms with E-state index in [2.05, 4.69) is 29.1 Å². The van der Waals surface area contributed by atoms with Gasteiger partial charge in [-0.25, -0.2) is 4.98 Å². The van der Waals surface area contributed by atoms with E-state index < -0.39 is 0 Å². The zero-order valence-electron chi connectivity index (χ0n) is 10.1. The zero-order chi connectivity index (χ0) is 12.3. The Hall–Kier alpha value is -1.33. The molecule has 17 heavy (non-hydrogen) atoms. The van der Waals surface area contributed by atoms with Crippen molar-refractivity contribution in [3.8, 4) is 11.4 Å². The molecule has 0 bridgehead atoms. The largest absolute Gasteiger partial charge is 0.324 e. The summed E-state index contributed by atoms with van der Waals surface area (Å²) in [6.07, 6.45) is 0. The van der Waals surface area contributed by atoms with Crippen LogP contribution in [0.5, 0.6) is 0 Å². The van der Waals surface area contributed by atoms with Crippen molar-refractivity contribution in [2.45, 2.75) is 18.4 Å². The van der Waals surface area contributed by atoms with Gasteiger partial charge in [-0.2, -0.15) is 5.10 Å². The molecule has 0 saturated carbocycles. The van der Waals surface area contributed by atoms with Crippen LogP contribution in [-0.4, -0.2) is 20.5 Å². The highest BCUT2D eigenvalue weighted by Gasteiger charge is 2.07. The maximum Gasteiger partial charge on any atom is 0.181 e. The fraction of sp³-hybridized carbons (Fsp3) is 0.333. The quantitative estimate of drug-likeness (QED) is 0.841. The van der Waals surface area contributed by atoms with Crippen LogP contribution in [0, 0.1) is 0 Å². The molecule has 2 aromatic rings. The number of nitrogens with two attached hydrogens (primary N) is 1. The Balaban J connectivity index is 2.26. The molecule has 0 atom stereocenters. The summed E-state index contributed by atoms with van der Waals surface area (Å²) in [4.78, 5) is 5.66. The second-order valence-electron chi connectivity index (χ2n) is 3.64. The number of rotatable bonds is 4. The molecule has 0 unspecified atom stereocenters. The van der Waals surface area contributed by atoms with E-state index in [1.807, 2.05) is 30.9 Å². The van der Waals surface area contributed by atoms with E-state index >= 15 is 0 Å². The van der Waals surface area contributed by atoms with Crippen molar-refractivity contribution in [3.05, 3.63) is 30.1 Å². The van der Waals surface area contributed by atoms with Crippen molar-refractivity contribution in [1.82, 2.24) is 14.8 Å². The minimum atomic E-state index is 0.410. The first-order valence-corrected chi connectivity index (χ1v) is 6.56. The van der Waals surface area contributed by atoms with E-state index in [1.165, 1.54) is 4.90 Å². The van der Waals surface area contributed by atoms with Crippen molar-refractivity contribution in [1.29, 1.82) is 0 Å². The third kappa shape index (κ3) is 2.68. The minimum Gasteiger partial charge on any atom is -0.324 e. The maximum atomic E-state index is 5.58. The summed E-state index contributed by atoms with van der Waals surface area (Å²) >= 11 is 1.83. The lowest BCUT2D eigenvalue weighted by Crippen LogP contribution is -2.05. The van der Waals surface area contributed by atoms with Crippen LogP contribution in [0.25, 0.3) is 11.4 Å². The molecule has 0 aliphatic rings. The number of hydrogen-bond donors (Lipinski definition) is 1. The van der Waals surface area contributed by atoms with Crippen LogP contribution in [0.1, 0.15) is 12.7 Å². The molecule has 5 heteroatoms. The first kappa shape index (κ1) is 12.1. The highest BCUT2D eigenvalue weighted by molar-refractivity contribution is 7.99. The van der Waals surface area contributed by atoms with E-state index in [0.717, 1.165) is 23.0 Å². The van der Waals surface area contributed by atoms with Crippen LogP contribution in [0.3, 0.4) is 0 Å². The minimum absolute atomic E-state index is 0.410. The Morgan fingerprint density at radius 3 is 2.53 bits per heavy atom. The van der Waals surface area contributed by atoms with Crippen LogP contribution in [-0.2, 0) is 13.6 Å². The number of benzene rings is 1. The van der Waals surface area contributed by atoms with Crippen molar-refractivity contribution in [3.63, 3.8) is 0 Å². The Morgan fingerprint density at radius 1 is 1.29 bits per heavy atom. The highest BCUT2D eigenvalue weighted by Crippen LogP contribution is 2.22. The van der Waals surface area contributed by atoms with Crippen molar-refractivity contribution >= 4 is 11.8 Å². The lowest BCUT2D eigenvalue weighted by Gasteiger charge is -1.99. The molecule has 1 aromatic heterocycles. The first-order chi connectivity index (χ1) is 8.24. The van der Waals surface area contributed by atoms with Gasteiger partial charge >= 0.3 is 0 Å². The van der Waals surface area contributed by atoms with Gasteiger partial charge in [0.05, 0.1) is 6.54 Å². The molecule has 1 aromatic carbocycles. The summed E-state index contributed by atoms with van der Waals surface area (Å²) in [6, 6.07) is 8.30. The van der Waals surface area contributed by atoms with Gasteiger partial charge in [0.1, 0.15) is 5.82 Å². The van der Waals surface area contributed by atoms with E-state index in [4.69, 9.17) is 5.73 Å². The number of aryl methyl sites for hydroxylation is 1. The topological polar surface area (TPSA) is 56.7 Å². The fourth-order valence-corrected chi connectivity index (χ4v) is 2.25. The molecule has 1 heterocycles. The van der Waals surface area contributed by atoms with Crippen LogP contribution in [0.4, 0.5) is 0 Å². The molecular weight excluding hydrogens is 232 g/mol. The standard InChI is InChI=1S/C12H16N4S/c1-3-17-10-6-4-9(5-7-10)12-14-11(8-13)16(2)15-12/h4-7H,3,8,13H2,1-2H3. The number of aromatic nitrogens is 3. The molecule has 0 aliphatic carbocycles. The van der Waals surface area contributed by atoms with Gasteiger partial charge in [0.2, 0.25) is 0 Å². The number of nitrogens with zero attached hydrogens (tertiary/aromatic N) is 3. The van der Waals surface area contributed by atoms with Gasteiger partial charge in [0.25, 0.3) is 0 Å². The van der Waals surface area contributed by atoms with Gasteiger partial charge < -0.3 is 5.73 Å². The Kier molecular flexibility index (Phi) is 3.81. The number of thioether (sulfide) groups is 1. The first-order valence-electron chi connectivity index (χ1n) is 5.57. The summed E-state index contributed by atoms with van der Waals surface area (Å²) in [5, 5.41) is 4.35. The van der Waals surface area contributed by atoms with E-state index in [-0.39, 0.29) is 0 Å². The fourth-order valence-electron chi connectivity index (χ4n) is 1.58. The predicted octanol–water partition coefficient (Wildman–Crippen LogP) is 2.05. The third-order valence-electron chi connectivity index (χ3n) is 2.46. The van der Waals surface area contributed by atoms with E-state index in [1.54, 1.807) is 4.68 Å². The monoisotopic (exact) mass is 248 g/mol. The molecule has 90 valence electrons. The van der Waals surface area contributed by atoms with E-state index in [0.29, 0.717) is 6.54 Å². The molecule has 0 fully saturated rings. The van der Waals surface area contributed by atoms with Gasteiger partial charge in [-0.05, 0) is 17.9 Å². The summed E-state index contributed by atoms with van der Waals surface area (Å²) in [5.41, 5.74) is 6.61. The number of hydrogen-bond acceptors (Lipinski definition) is 4. The molecule has 2 rings (SSSR count). The van der Waals surface area contributed by atoms with Gasteiger partial charge in [-0.1, -0.05) is 19.1 Å². The zero-order valence-corrected chi connectivity index (χ0v) is 10.9. The van der Waals surface area contributed by atoms with Crippen LogP contribution < -0.4 is 5.73 Å². The average Bonchev–Trinajstić information content (AvgIpc) is 2.72.